The molecule has 35 heavy (non-hydrogen) atoms. The first kappa shape index (κ1) is 22.5. The van der Waals surface area contributed by atoms with Crippen molar-refractivity contribution in [3.8, 4) is 33.4 Å². The van der Waals surface area contributed by atoms with Crippen LogP contribution in [0.25, 0.3) is 44.2 Å². The van der Waals surface area contributed by atoms with Crippen molar-refractivity contribution in [2.45, 2.75) is 39.5 Å². The molecule has 0 amide bonds. The van der Waals surface area contributed by atoms with Crippen molar-refractivity contribution in [3.63, 3.8) is 0 Å². The van der Waals surface area contributed by atoms with Gasteiger partial charge < -0.3 is 0 Å². The Hall–Kier alpha value is -2.99. The van der Waals surface area contributed by atoms with E-state index in [1.54, 1.807) is 0 Å². The second-order valence-corrected chi connectivity index (χ2v) is 9.92. The Morgan fingerprint density at radius 2 is 1.23 bits per heavy atom. The quantitative estimate of drug-likeness (QED) is 0.173. The van der Waals surface area contributed by atoms with Crippen molar-refractivity contribution >= 4 is 10.8 Å². The van der Waals surface area contributed by atoms with Crippen LogP contribution in [-0.2, 0) is 45.8 Å². The summed E-state index contributed by atoms with van der Waals surface area (Å²) in [5.74, 6) is 0. The van der Waals surface area contributed by atoms with Gasteiger partial charge in [0.25, 0.3) is 0 Å². The molecule has 2 aliphatic carbocycles. The normalized spacial score (nSPS) is 13.3. The number of hydrogen-bond acceptors (Lipinski definition) is 0. The van der Waals surface area contributed by atoms with Crippen molar-refractivity contribution in [2.75, 3.05) is 0 Å². The van der Waals surface area contributed by atoms with Gasteiger partial charge in [0.2, 0.25) is 0 Å². The van der Waals surface area contributed by atoms with Crippen LogP contribution in [0, 0.1) is 26.0 Å². The molecule has 0 aromatic heterocycles. The molecule has 5 aromatic carbocycles. The molecule has 1 radical (unpaired) electrons. The molecule has 0 bridgehead atoms. The van der Waals surface area contributed by atoms with Crippen LogP contribution < -0.4 is 0 Å². The van der Waals surface area contributed by atoms with Crippen LogP contribution in [0.5, 0.6) is 0 Å². The predicted octanol–water partition coefficient (Wildman–Crippen LogP) is 8.25. The minimum Gasteiger partial charge on any atom is -0.209 e. The van der Waals surface area contributed by atoms with E-state index >= 15 is 0 Å². The van der Waals surface area contributed by atoms with E-state index in [1.807, 2.05) is 0 Å². The Morgan fingerprint density at radius 3 is 2.03 bits per heavy atom. The van der Waals surface area contributed by atoms with E-state index in [-0.39, 0.29) is 20.1 Å². The van der Waals surface area contributed by atoms with Gasteiger partial charge in [0.1, 0.15) is 0 Å². The van der Waals surface area contributed by atoms with Crippen molar-refractivity contribution in [1.82, 2.24) is 0 Å². The molecular formula is C34H26Ir-2. The Bertz CT molecular complexity index is 1550. The summed E-state index contributed by atoms with van der Waals surface area (Å²) in [5.41, 5.74) is 16.5. The van der Waals surface area contributed by atoms with Crippen LogP contribution in [0.3, 0.4) is 0 Å². The van der Waals surface area contributed by atoms with E-state index in [4.69, 9.17) is 0 Å². The smallest absolute Gasteiger partial charge is 0 e. The fraction of sp³-hybridized carbons (Fsp3) is 0.176. The average molecular weight is 627 g/mol. The van der Waals surface area contributed by atoms with Gasteiger partial charge in [0.15, 0.2) is 0 Å². The minimum absolute atomic E-state index is 0. The standard InChI is InChI=1S/C34H26.Ir/c1-21-7-5-8-22(2)32(21)31-20-29(17-25-9-3-4-12-30(25)31)28-18-26-15-13-23-10-6-11-24-14-16-27(19-28)34(26)33(23)24;/h3-12,18,20H,13-16H2,1-2H3;/q-2;. The SMILES string of the molecule is Cc1cccc(C)c1-c1cc(-c2[c-]c3c4c(c2)CCc2cccc(c2-4)CC3)[c-]c2ccccc12.[Ir]. The van der Waals surface area contributed by atoms with Gasteiger partial charge >= 0.3 is 0 Å². The number of fused-ring (bicyclic) bond motifs is 1. The first-order chi connectivity index (χ1) is 16.7. The molecule has 0 saturated carbocycles. The van der Waals surface area contributed by atoms with Crippen LogP contribution in [0.15, 0.2) is 72.8 Å². The fourth-order valence-corrected chi connectivity index (χ4v) is 6.28. The summed E-state index contributed by atoms with van der Waals surface area (Å²) in [5, 5.41) is 2.44. The van der Waals surface area contributed by atoms with Gasteiger partial charge in [-0.05, 0) is 67.3 Å². The van der Waals surface area contributed by atoms with Gasteiger partial charge in [-0.3, -0.25) is 0 Å². The summed E-state index contributed by atoms with van der Waals surface area (Å²) >= 11 is 0. The summed E-state index contributed by atoms with van der Waals surface area (Å²) in [7, 11) is 0. The molecule has 173 valence electrons. The van der Waals surface area contributed by atoms with E-state index in [0.717, 1.165) is 31.2 Å². The molecule has 7 rings (SSSR count). The summed E-state index contributed by atoms with van der Waals surface area (Å²) in [6.45, 7) is 4.44. The van der Waals surface area contributed by atoms with E-state index in [0.29, 0.717) is 0 Å². The van der Waals surface area contributed by atoms with E-state index in [9.17, 15) is 0 Å². The van der Waals surface area contributed by atoms with Gasteiger partial charge in [0.05, 0.1) is 0 Å². The first-order valence-corrected chi connectivity index (χ1v) is 12.4. The third-order valence-corrected chi connectivity index (χ3v) is 7.84. The Balaban J connectivity index is 0.00000229. The van der Waals surface area contributed by atoms with Crippen LogP contribution in [0.4, 0.5) is 0 Å². The number of aryl methyl sites for hydroxylation is 6. The maximum Gasteiger partial charge on any atom is 0 e. The second-order valence-electron chi connectivity index (χ2n) is 9.92. The molecule has 2 aliphatic rings. The molecule has 0 N–H and O–H groups in total. The summed E-state index contributed by atoms with van der Waals surface area (Å²) in [6.07, 6.45) is 4.43. The molecule has 5 aromatic rings. The van der Waals surface area contributed by atoms with Crippen molar-refractivity contribution in [3.05, 3.63) is 118 Å². The van der Waals surface area contributed by atoms with Crippen molar-refractivity contribution < 1.29 is 20.1 Å². The largest absolute Gasteiger partial charge is 0.209 e. The molecule has 0 spiro atoms. The zero-order valence-electron chi connectivity index (χ0n) is 20.1. The monoisotopic (exact) mass is 627 g/mol. The molecule has 0 nitrogen and oxygen atoms in total. The average Bonchev–Trinajstić information content (AvgIpc) is 2.87. The van der Waals surface area contributed by atoms with Crippen LogP contribution >= 0.6 is 0 Å². The third-order valence-electron chi connectivity index (χ3n) is 7.84. The van der Waals surface area contributed by atoms with Gasteiger partial charge in [-0.2, -0.15) is 29.8 Å². The van der Waals surface area contributed by atoms with Crippen molar-refractivity contribution in [1.29, 1.82) is 0 Å². The molecule has 0 aliphatic heterocycles. The molecule has 1 heteroatoms. The van der Waals surface area contributed by atoms with Crippen LogP contribution in [-0.4, -0.2) is 0 Å². The van der Waals surface area contributed by atoms with E-state index in [2.05, 4.69) is 98.8 Å². The molecule has 0 saturated heterocycles. The van der Waals surface area contributed by atoms with Crippen LogP contribution in [0.1, 0.15) is 33.4 Å². The molecule has 0 atom stereocenters. The fourth-order valence-electron chi connectivity index (χ4n) is 6.28. The van der Waals surface area contributed by atoms with Gasteiger partial charge in [0, 0.05) is 20.1 Å². The van der Waals surface area contributed by atoms with E-state index < -0.39 is 0 Å². The molecule has 0 fully saturated rings. The maximum absolute atomic E-state index is 3.87. The van der Waals surface area contributed by atoms with Gasteiger partial charge in [-0.1, -0.05) is 76.7 Å². The van der Waals surface area contributed by atoms with Gasteiger partial charge in [-0.15, -0.1) is 22.6 Å². The van der Waals surface area contributed by atoms with Gasteiger partial charge in [-0.25, -0.2) is 5.56 Å². The summed E-state index contributed by atoms with van der Waals surface area (Å²) in [6, 6.07) is 34.5. The van der Waals surface area contributed by atoms with Crippen molar-refractivity contribution in [2.24, 2.45) is 0 Å². The maximum atomic E-state index is 3.87. The second kappa shape index (κ2) is 8.59. The zero-order valence-corrected chi connectivity index (χ0v) is 22.5. The first-order valence-electron chi connectivity index (χ1n) is 12.4. The minimum atomic E-state index is 0. The Labute approximate surface area is 221 Å². The molecule has 0 heterocycles. The predicted molar refractivity (Wildman–Crippen MR) is 142 cm³/mol. The summed E-state index contributed by atoms with van der Waals surface area (Å²) < 4.78 is 0. The number of benzene rings is 5. The topological polar surface area (TPSA) is 0 Å². The van der Waals surface area contributed by atoms with Crippen LogP contribution in [0.2, 0.25) is 0 Å². The number of rotatable bonds is 2. The zero-order chi connectivity index (χ0) is 22.8. The summed E-state index contributed by atoms with van der Waals surface area (Å²) in [4.78, 5) is 0. The molecular weight excluding hydrogens is 601 g/mol. The third kappa shape index (κ3) is 3.53. The Morgan fingerprint density at radius 1 is 0.571 bits per heavy atom. The molecule has 0 unspecified atom stereocenters. The van der Waals surface area contributed by atoms with E-state index in [1.165, 1.54) is 72.0 Å². The Kier molecular flexibility index (Phi) is 5.52. The number of hydrogen-bond donors (Lipinski definition) is 0.